The van der Waals surface area contributed by atoms with Crippen LogP contribution in [0.5, 0.6) is 11.5 Å². The molecule has 11 aromatic rings. The van der Waals surface area contributed by atoms with Gasteiger partial charge in [-0.2, -0.15) is 0 Å². The van der Waals surface area contributed by atoms with E-state index < -0.39 is 5.41 Å². The van der Waals surface area contributed by atoms with Gasteiger partial charge in [0.2, 0.25) is 0 Å². The second-order valence-corrected chi connectivity index (χ2v) is 17.9. The first-order valence-electron chi connectivity index (χ1n) is 22.2. The minimum atomic E-state index is -0.522. The van der Waals surface area contributed by atoms with E-state index in [2.05, 4.69) is 252 Å². The van der Waals surface area contributed by atoms with Crippen molar-refractivity contribution < 1.29 is 4.74 Å². The van der Waals surface area contributed by atoms with E-state index in [1.807, 2.05) is 11.3 Å². The van der Waals surface area contributed by atoms with Crippen LogP contribution < -0.4 is 14.5 Å². The molecule has 0 saturated carbocycles. The summed E-state index contributed by atoms with van der Waals surface area (Å²) >= 11 is 1.86. The average Bonchev–Trinajstić information content (AvgIpc) is 3.90. The Balaban J connectivity index is 0.971. The lowest BCUT2D eigenvalue weighted by atomic mass is 9.66. The number of thiophene rings is 1. The zero-order valence-electron chi connectivity index (χ0n) is 35.3. The molecule has 0 unspecified atom stereocenters. The summed E-state index contributed by atoms with van der Waals surface area (Å²) in [4.78, 5) is 4.77. The number of nitrogens with zero attached hydrogens (tertiary/aromatic N) is 2. The fourth-order valence-corrected chi connectivity index (χ4v) is 11.8. The molecule has 0 N–H and O–H groups in total. The number of anilines is 6. The van der Waals surface area contributed by atoms with Crippen molar-refractivity contribution in [2.24, 2.45) is 0 Å². The Labute approximate surface area is 382 Å². The van der Waals surface area contributed by atoms with Gasteiger partial charge in [0, 0.05) is 55.0 Å². The Morgan fingerprint density at radius 1 is 0.338 bits per heavy atom. The Hall–Kier alpha value is -8.18. The Morgan fingerprint density at radius 2 is 0.862 bits per heavy atom. The first-order valence-corrected chi connectivity index (χ1v) is 23.0. The molecule has 0 amide bonds. The average molecular weight is 849 g/mol. The fraction of sp³-hybridized carbons (Fsp3) is 0.0164. The number of benzene rings is 10. The second kappa shape index (κ2) is 15.0. The van der Waals surface area contributed by atoms with Crippen LogP contribution in [0.25, 0.3) is 42.4 Å². The zero-order valence-corrected chi connectivity index (χ0v) is 36.1. The Bertz CT molecular complexity index is 3510. The maximum Gasteiger partial charge on any atom is 0.132 e. The summed E-state index contributed by atoms with van der Waals surface area (Å²) in [6.07, 6.45) is 0. The predicted octanol–water partition coefficient (Wildman–Crippen LogP) is 17.1. The molecule has 0 bridgehead atoms. The summed E-state index contributed by atoms with van der Waals surface area (Å²) in [5.41, 5.74) is 15.8. The Morgan fingerprint density at radius 3 is 1.58 bits per heavy atom. The maximum absolute atomic E-state index is 6.62. The third-order valence-corrected chi connectivity index (χ3v) is 14.5. The molecule has 13 rings (SSSR count). The third-order valence-electron chi connectivity index (χ3n) is 13.3. The molecule has 4 heteroatoms. The molecule has 0 fully saturated rings. The van der Waals surface area contributed by atoms with Crippen molar-refractivity contribution in [3.05, 3.63) is 265 Å². The van der Waals surface area contributed by atoms with Crippen molar-refractivity contribution in [3.8, 4) is 33.8 Å². The third kappa shape index (κ3) is 5.81. The van der Waals surface area contributed by atoms with Crippen LogP contribution in [0.3, 0.4) is 0 Å². The summed E-state index contributed by atoms with van der Waals surface area (Å²) < 4.78 is 9.16. The van der Waals surface area contributed by atoms with Crippen LogP contribution >= 0.6 is 11.3 Å². The number of ether oxygens (including phenoxy) is 1. The minimum Gasteiger partial charge on any atom is -0.457 e. The molecular formula is C61H40N2OS. The van der Waals surface area contributed by atoms with Gasteiger partial charge in [-0.1, -0.05) is 158 Å². The lowest BCUT2D eigenvalue weighted by molar-refractivity contribution is 0.436. The molecule has 1 aliphatic heterocycles. The predicted molar refractivity (Wildman–Crippen MR) is 272 cm³/mol. The minimum absolute atomic E-state index is 0.522. The first-order chi connectivity index (χ1) is 32.2. The van der Waals surface area contributed by atoms with Gasteiger partial charge in [-0.15, -0.1) is 11.3 Å². The number of para-hydroxylation sites is 4. The summed E-state index contributed by atoms with van der Waals surface area (Å²) in [6, 6.07) is 88.0. The van der Waals surface area contributed by atoms with E-state index in [4.69, 9.17) is 4.74 Å². The molecule has 65 heavy (non-hydrogen) atoms. The Kier molecular flexibility index (Phi) is 8.62. The van der Waals surface area contributed by atoms with Crippen molar-refractivity contribution in [2.45, 2.75) is 5.41 Å². The van der Waals surface area contributed by atoms with Gasteiger partial charge in [0.05, 0.1) is 15.8 Å². The molecule has 0 atom stereocenters. The van der Waals surface area contributed by atoms with Gasteiger partial charge < -0.3 is 14.5 Å². The highest BCUT2D eigenvalue weighted by atomic mass is 32.1. The van der Waals surface area contributed by atoms with Crippen LogP contribution in [0.4, 0.5) is 34.1 Å². The second-order valence-electron chi connectivity index (χ2n) is 16.8. The number of hydrogen-bond donors (Lipinski definition) is 0. The molecule has 2 aliphatic rings. The fourth-order valence-electron chi connectivity index (χ4n) is 10.5. The van der Waals surface area contributed by atoms with Gasteiger partial charge in [0.1, 0.15) is 11.5 Å². The summed E-state index contributed by atoms with van der Waals surface area (Å²) in [6.45, 7) is 0. The van der Waals surface area contributed by atoms with Gasteiger partial charge in [-0.25, -0.2) is 0 Å². The highest BCUT2D eigenvalue weighted by molar-refractivity contribution is 7.26. The van der Waals surface area contributed by atoms with Crippen LogP contribution in [-0.4, -0.2) is 0 Å². The SMILES string of the molecule is c1ccc(N(c2ccccc2)c2cccc(N(c3ccc(-c4ccc5c(c4)C4(c6ccccc6Oc6ccccc64)c4ccccc4-5)cc3)c3cccc4c3sc3ccccc34)c2)cc1. The van der Waals surface area contributed by atoms with Crippen molar-refractivity contribution in [2.75, 3.05) is 9.80 Å². The van der Waals surface area contributed by atoms with Crippen molar-refractivity contribution in [1.82, 2.24) is 0 Å². The van der Waals surface area contributed by atoms with E-state index in [1.54, 1.807) is 0 Å². The van der Waals surface area contributed by atoms with Crippen LogP contribution in [-0.2, 0) is 5.41 Å². The summed E-state index contributed by atoms with van der Waals surface area (Å²) in [7, 11) is 0. The molecule has 10 aromatic carbocycles. The molecule has 1 spiro atoms. The molecule has 306 valence electrons. The number of rotatable bonds is 7. The summed E-state index contributed by atoms with van der Waals surface area (Å²) in [5.74, 6) is 1.80. The summed E-state index contributed by atoms with van der Waals surface area (Å²) in [5, 5.41) is 2.55. The normalized spacial score (nSPS) is 12.9. The lowest BCUT2D eigenvalue weighted by Gasteiger charge is -2.39. The van der Waals surface area contributed by atoms with Crippen molar-refractivity contribution in [3.63, 3.8) is 0 Å². The van der Waals surface area contributed by atoms with Gasteiger partial charge in [0.15, 0.2) is 0 Å². The van der Waals surface area contributed by atoms with E-state index in [0.717, 1.165) is 51.2 Å². The van der Waals surface area contributed by atoms with E-state index in [0.29, 0.717) is 0 Å². The maximum atomic E-state index is 6.62. The molecular weight excluding hydrogens is 809 g/mol. The number of fused-ring (bicyclic) bond motifs is 12. The molecule has 1 aliphatic carbocycles. The van der Waals surface area contributed by atoms with E-state index >= 15 is 0 Å². The highest BCUT2D eigenvalue weighted by Crippen LogP contribution is 2.62. The quantitative estimate of drug-likeness (QED) is 0.159. The zero-order chi connectivity index (χ0) is 42.9. The molecule has 1 aromatic heterocycles. The van der Waals surface area contributed by atoms with Gasteiger partial charge in [-0.05, 0) is 118 Å². The highest BCUT2D eigenvalue weighted by Gasteiger charge is 2.51. The molecule has 3 nitrogen and oxygen atoms in total. The van der Waals surface area contributed by atoms with Crippen LogP contribution in [0.2, 0.25) is 0 Å². The van der Waals surface area contributed by atoms with Gasteiger partial charge in [-0.3, -0.25) is 0 Å². The van der Waals surface area contributed by atoms with E-state index in [1.165, 1.54) is 59.1 Å². The smallest absolute Gasteiger partial charge is 0.132 e. The number of hydrogen-bond acceptors (Lipinski definition) is 4. The molecule has 2 heterocycles. The molecule has 0 radical (unpaired) electrons. The van der Waals surface area contributed by atoms with Crippen molar-refractivity contribution >= 4 is 65.6 Å². The van der Waals surface area contributed by atoms with Gasteiger partial charge in [0.25, 0.3) is 0 Å². The van der Waals surface area contributed by atoms with Crippen LogP contribution in [0, 0.1) is 0 Å². The first kappa shape index (κ1) is 37.4. The largest absolute Gasteiger partial charge is 0.457 e. The van der Waals surface area contributed by atoms with Gasteiger partial charge >= 0.3 is 0 Å². The monoisotopic (exact) mass is 848 g/mol. The lowest BCUT2D eigenvalue weighted by Crippen LogP contribution is -2.32. The van der Waals surface area contributed by atoms with Crippen LogP contribution in [0.15, 0.2) is 243 Å². The topological polar surface area (TPSA) is 15.7 Å². The van der Waals surface area contributed by atoms with E-state index in [-0.39, 0.29) is 0 Å². The van der Waals surface area contributed by atoms with Crippen LogP contribution in [0.1, 0.15) is 22.3 Å². The van der Waals surface area contributed by atoms with E-state index in [9.17, 15) is 0 Å². The van der Waals surface area contributed by atoms with Crippen molar-refractivity contribution in [1.29, 1.82) is 0 Å². The molecule has 0 saturated heterocycles. The standard InChI is InChI=1S/C61H40N2OS/c1-3-17-43(18-4-1)62(44-19-5-2-6-20-44)46-21-15-22-47(40-46)63(56-29-16-25-51-50-24-8-14-32-59(50)65-60(51)56)45-36-33-41(34-37-45)42-35-38-49-48-23-7-9-26-52(48)61(55(49)39-42)53-27-10-12-30-57(53)64-58-31-13-11-28-54(58)61/h1-40H.